The molecule has 1 aliphatic rings. The minimum absolute atomic E-state index is 0.106. The van der Waals surface area contributed by atoms with Crippen LogP contribution in [0.25, 0.3) is 0 Å². The van der Waals surface area contributed by atoms with Crippen LogP contribution in [0.2, 0.25) is 0 Å². The molecule has 104 valence electrons. The second-order valence-electron chi connectivity index (χ2n) is 5.76. The summed E-state index contributed by atoms with van der Waals surface area (Å²) in [6.07, 6.45) is 7.40. The monoisotopic (exact) mass is 278 g/mol. The maximum absolute atomic E-state index is 11.8. The maximum Gasteiger partial charge on any atom is 0.229 e. The largest absolute Gasteiger partial charge is 0.281 e. The molecule has 1 saturated carbocycles. The van der Waals surface area contributed by atoms with Crippen molar-refractivity contribution in [1.29, 1.82) is 0 Å². The van der Waals surface area contributed by atoms with E-state index in [1.807, 2.05) is 30.3 Å². The summed E-state index contributed by atoms with van der Waals surface area (Å²) >= 11 is 5.87. The molecule has 19 heavy (non-hydrogen) atoms. The zero-order valence-corrected chi connectivity index (χ0v) is 12.4. The van der Waals surface area contributed by atoms with Gasteiger partial charge in [0.1, 0.15) is 0 Å². The molecule has 2 heteroatoms. The first-order chi connectivity index (χ1) is 9.22. The van der Waals surface area contributed by atoms with Crippen molar-refractivity contribution in [3.8, 4) is 0 Å². The summed E-state index contributed by atoms with van der Waals surface area (Å²) < 4.78 is 0. The van der Waals surface area contributed by atoms with E-state index < -0.39 is 0 Å². The van der Waals surface area contributed by atoms with Gasteiger partial charge in [-0.3, -0.25) is 4.79 Å². The molecule has 1 fully saturated rings. The Labute approximate surface area is 121 Å². The Bertz CT molecular complexity index is 393. The molecule has 0 aromatic heterocycles. The van der Waals surface area contributed by atoms with Gasteiger partial charge in [-0.25, -0.2) is 0 Å². The average Bonchev–Trinajstić information content (AvgIpc) is 2.42. The molecule has 1 aliphatic carbocycles. The predicted octanol–water partition coefficient (Wildman–Crippen LogP) is 5.14. The Kier molecular flexibility index (Phi) is 5.45. The number of halogens is 1. The Morgan fingerprint density at radius 1 is 1.21 bits per heavy atom. The van der Waals surface area contributed by atoms with Gasteiger partial charge in [-0.05, 0) is 41.8 Å². The van der Waals surface area contributed by atoms with Gasteiger partial charge in [0.05, 0.1) is 5.92 Å². The molecule has 0 spiro atoms. The molecule has 2 rings (SSSR count). The summed E-state index contributed by atoms with van der Waals surface area (Å²) in [6.45, 7) is 2.25. The quantitative estimate of drug-likeness (QED) is 0.682. The lowest BCUT2D eigenvalue weighted by Crippen LogP contribution is -2.24. The fraction of sp³-hybridized carbons (Fsp3) is 0.588. The van der Waals surface area contributed by atoms with Crippen LogP contribution in [0.1, 0.15) is 56.9 Å². The molecule has 1 atom stereocenters. The van der Waals surface area contributed by atoms with E-state index in [1.54, 1.807) is 0 Å². The zero-order chi connectivity index (χ0) is 13.7. The fourth-order valence-corrected chi connectivity index (χ4v) is 3.77. The van der Waals surface area contributed by atoms with Gasteiger partial charge in [0.25, 0.3) is 0 Å². The van der Waals surface area contributed by atoms with Crippen molar-refractivity contribution in [1.82, 2.24) is 0 Å². The Hall–Kier alpha value is -0.820. The van der Waals surface area contributed by atoms with E-state index in [4.69, 9.17) is 11.6 Å². The molecule has 0 amide bonds. The molecule has 0 heterocycles. The standard InChI is InChI=1S/C17H23ClO/c1-2-6-13-9-11-15(12-10-13)16(17(18)19)14-7-4-3-5-8-14/h3-5,7-8,13,15-16H,2,6,9-12H2,1H3/t13-,15-,16?. The third kappa shape index (κ3) is 3.82. The van der Waals surface area contributed by atoms with Crippen LogP contribution in [0.5, 0.6) is 0 Å². The van der Waals surface area contributed by atoms with E-state index in [0.717, 1.165) is 24.3 Å². The van der Waals surface area contributed by atoms with E-state index in [0.29, 0.717) is 5.92 Å². The summed E-state index contributed by atoms with van der Waals surface area (Å²) in [4.78, 5) is 11.8. The molecule has 0 radical (unpaired) electrons. The molecule has 1 aromatic carbocycles. The van der Waals surface area contributed by atoms with E-state index in [2.05, 4.69) is 6.92 Å². The van der Waals surface area contributed by atoms with Crippen molar-refractivity contribution >= 4 is 16.8 Å². The van der Waals surface area contributed by atoms with Crippen LogP contribution in [0, 0.1) is 11.8 Å². The highest BCUT2D eigenvalue weighted by atomic mass is 35.5. The highest BCUT2D eigenvalue weighted by Crippen LogP contribution is 2.40. The van der Waals surface area contributed by atoms with Gasteiger partial charge < -0.3 is 0 Å². The molecule has 0 aliphatic heterocycles. The van der Waals surface area contributed by atoms with Crippen molar-refractivity contribution in [2.45, 2.75) is 51.4 Å². The number of benzene rings is 1. The van der Waals surface area contributed by atoms with Crippen molar-refractivity contribution in [3.63, 3.8) is 0 Å². The lowest BCUT2D eigenvalue weighted by Gasteiger charge is -2.32. The number of rotatable bonds is 5. The van der Waals surface area contributed by atoms with Gasteiger partial charge in [-0.15, -0.1) is 0 Å². The van der Waals surface area contributed by atoms with E-state index >= 15 is 0 Å². The van der Waals surface area contributed by atoms with Gasteiger partial charge in [0.15, 0.2) is 0 Å². The normalized spacial score (nSPS) is 24.9. The first kappa shape index (κ1) is 14.6. The van der Waals surface area contributed by atoms with Crippen molar-refractivity contribution in [3.05, 3.63) is 35.9 Å². The lowest BCUT2D eigenvalue weighted by molar-refractivity contribution is -0.114. The number of hydrogen-bond donors (Lipinski definition) is 0. The Balaban J connectivity index is 2.04. The summed E-state index contributed by atoms with van der Waals surface area (Å²) in [5, 5.41) is -0.190. The van der Waals surface area contributed by atoms with Gasteiger partial charge in [-0.1, -0.05) is 62.9 Å². The first-order valence-electron chi connectivity index (χ1n) is 7.46. The van der Waals surface area contributed by atoms with Crippen molar-refractivity contribution < 1.29 is 4.79 Å². The minimum Gasteiger partial charge on any atom is -0.281 e. The molecule has 0 bridgehead atoms. The Morgan fingerprint density at radius 3 is 2.37 bits per heavy atom. The van der Waals surface area contributed by atoms with Crippen LogP contribution < -0.4 is 0 Å². The molecule has 1 aromatic rings. The molecular formula is C17H23ClO. The third-order valence-electron chi connectivity index (χ3n) is 4.46. The minimum atomic E-state index is -0.190. The fourth-order valence-electron chi connectivity index (χ4n) is 3.47. The lowest BCUT2D eigenvalue weighted by atomic mass is 9.73. The van der Waals surface area contributed by atoms with Crippen molar-refractivity contribution in [2.24, 2.45) is 11.8 Å². The van der Waals surface area contributed by atoms with Crippen LogP contribution in [0.4, 0.5) is 0 Å². The topological polar surface area (TPSA) is 17.1 Å². The van der Waals surface area contributed by atoms with Gasteiger partial charge >= 0.3 is 0 Å². The molecule has 0 saturated heterocycles. The SMILES string of the molecule is CCC[C@H]1CC[C@H](C(C(=O)Cl)c2ccccc2)CC1. The summed E-state index contributed by atoms with van der Waals surface area (Å²) in [5.41, 5.74) is 1.08. The van der Waals surface area contributed by atoms with E-state index in [9.17, 15) is 4.79 Å². The smallest absolute Gasteiger partial charge is 0.229 e. The molecular weight excluding hydrogens is 256 g/mol. The van der Waals surface area contributed by atoms with Crippen LogP contribution in [-0.4, -0.2) is 5.24 Å². The van der Waals surface area contributed by atoms with E-state index in [1.165, 1.54) is 25.7 Å². The number of hydrogen-bond acceptors (Lipinski definition) is 1. The summed E-state index contributed by atoms with van der Waals surface area (Å²) in [5.74, 6) is 1.19. The second kappa shape index (κ2) is 7.09. The van der Waals surface area contributed by atoms with Crippen molar-refractivity contribution in [2.75, 3.05) is 0 Å². The van der Waals surface area contributed by atoms with Crippen LogP contribution in [0.15, 0.2) is 30.3 Å². The van der Waals surface area contributed by atoms with Crippen LogP contribution >= 0.6 is 11.6 Å². The summed E-state index contributed by atoms with van der Waals surface area (Å²) in [7, 11) is 0. The first-order valence-corrected chi connectivity index (χ1v) is 7.84. The van der Waals surface area contributed by atoms with E-state index in [-0.39, 0.29) is 11.2 Å². The zero-order valence-electron chi connectivity index (χ0n) is 11.6. The van der Waals surface area contributed by atoms with Crippen LogP contribution in [-0.2, 0) is 4.79 Å². The number of carbonyl (C=O) groups excluding carboxylic acids is 1. The molecule has 1 unspecified atom stereocenters. The number of carbonyl (C=O) groups is 1. The molecule has 0 N–H and O–H groups in total. The molecule has 1 nitrogen and oxygen atoms in total. The highest BCUT2D eigenvalue weighted by molar-refractivity contribution is 6.64. The summed E-state index contributed by atoms with van der Waals surface area (Å²) in [6, 6.07) is 10.0. The van der Waals surface area contributed by atoms with Gasteiger partial charge in [0, 0.05) is 0 Å². The predicted molar refractivity (Wildman–Crippen MR) is 80.4 cm³/mol. The average molecular weight is 279 g/mol. The third-order valence-corrected chi connectivity index (χ3v) is 4.70. The van der Waals surface area contributed by atoms with Gasteiger partial charge in [-0.2, -0.15) is 0 Å². The highest BCUT2D eigenvalue weighted by Gasteiger charge is 2.31. The van der Waals surface area contributed by atoms with Gasteiger partial charge in [0.2, 0.25) is 5.24 Å². The second-order valence-corrected chi connectivity index (χ2v) is 6.13. The van der Waals surface area contributed by atoms with Crippen LogP contribution in [0.3, 0.4) is 0 Å². The maximum atomic E-state index is 11.8. The Morgan fingerprint density at radius 2 is 1.84 bits per heavy atom.